The van der Waals surface area contributed by atoms with Gasteiger partial charge >= 0.3 is 0 Å². The standard InChI is InChI=1S/C10H7N3OS/c1-6-8(2-3-15-6)9-12-5-7(4-11)10(14)13-9/h2-3,5H,1H3,(H,12,13,14). The van der Waals surface area contributed by atoms with E-state index in [0.29, 0.717) is 5.82 Å². The van der Waals surface area contributed by atoms with Crippen LogP contribution in [0.1, 0.15) is 10.4 Å². The van der Waals surface area contributed by atoms with Gasteiger partial charge in [-0.05, 0) is 18.4 Å². The van der Waals surface area contributed by atoms with E-state index in [4.69, 9.17) is 5.26 Å². The van der Waals surface area contributed by atoms with E-state index in [1.165, 1.54) is 6.20 Å². The molecule has 0 fully saturated rings. The lowest BCUT2D eigenvalue weighted by Gasteiger charge is -1.98. The second-order valence-electron chi connectivity index (χ2n) is 2.98. The maximum atomic E-state index is 11.4. The van der Waals surface area contributed by atoms with Crippen LogP contribution in [0.25, 0.3) is 11.4 Å². The van der Waals surface area contributed by atoms with E-state index in [-0.39, 0.29) is 5.56 Å². The van der Waals surface area contributed by atoms with Crippen LogP contribution in [0, 0.1) is 18.3 Å². The Balaban J connectivity index is 2.58. The van der Waals surface area contributed by atoms with Gasteiger partial charge in [0, 0.05) is 10.4 Å². The number of nitrogens with zero attached hydrogens (tertiary/aromatic N) is 2. The predicted octanol–water partition coefficient (Wildman–Crippen LogP) is 1.68. The minimum Gasteiger partial charge on any atom is -0.305 e. The Bertz CT molecular complexity index is 591. The Kier molecular flexibility index (Phi) is 2.35. The molecule has 2 heterocycles. The first kappa shape index (κ1) is 9.62. The van der Waals surface area contributed by atoms with E-state index in [0.717, 1.165) is 10.4 Å². The van der Waals surface area contributed by atoms with Gasteiger partial charge in [-0.2, -0.15) is 5.26 Å². The number of H-pyrrole nitrogens is 1. The average Bonchev–Trinajstić information content (AvgIpc) is 2.64. The quantitative estimate of drug-likeness (QED) is 0.790. The van der Waals surface area contributed by atoms with Gasteiger partial charge in [-0.25, -0.2) is 4.98 Å². The van der Waals surface area contributed by atoms with Gasteiger partial charge < -0.3 is 4.98 Å². The topological polar surface area (TPSA) is 69.5 Å². The molecular formula is C10H7N3OS. The number of aryl methyl sites for hydroxylation is 1. The summed E-state index contributed by atoms with van der Waals surface area (Å²) in [7, 11) is 0. The van der Waals surface area contributed by atoms with Gasteiger partial charge in [0.25, 0.3) is 5.56 Å². The molecule has 1 N–H and O–H groups in total. The van der Waals surface area contributed by atoms with Gasteiger partial charge in [0.15, 0.2) is 0 Å². The lowest BCUT2D eigenvalue weighted by atomic mass is 10.2. The highest BCUT2D eigenvalue weighted by molar-refractivity contribution is 7.10. The molecule has 0 atom stereocenters. The molecule has 0 aromatic carbocycles. The molecule has 5 heteroatoms. The fourth-order valence-corrected chi connectivity index (χ4v) is 1.94. The molecule has 0 saturated carbocycles. The molecule has 2 aromatic heterocycles. The van der Waals surface area contributed by atoms with Crippen molar-refractivity contribution in [3.63, 3.8) is 0 Å². The number of aromatic amines is 1. The van der Waals surface area contributed by atoms with Crippen molar-refractivity contribution >= 4 is 11.3 Å². The first-order valence-corrected chi connectivity index (χ1v) is 5.14. The van der Waals surface area contributed by atoms with E-state index < -0.39 is 5.56 Å². The highest BCUT2D eigenvalue weighted by atomic mass is 32.1. The van der Waals surface area contributed by atoms with Crippen molar-refractivity contribution in [2.45, 2.75) is 6.92 Å². The maximum absolute atomic E-state index is 11.4. The average molecular weight is 217 g/mol. The fraction of sp³-hybridized carbons (Fsp3) is 0.100. The number of nitriles is 1. The molecule has 0 aliphatic rings. The van der Waals surface area contributed by atoms with Crippen molar-refractivity contribution in [1.29, 1.82) is 5.26 Å². The van der Waals surface area contributed by atoms with Crippen LogP contribution in [-0.2, 0) is 0 Å². The van der Waals surface area contributed by atoms with Crippen LogP contribution in [0.4, 0.5) is 0 Å². The summed E-state index contributed by atoms with van der Waals surface area (Å²) in [5, 5.41) is 10.5. The lowest BCUT2D eigenvalue weighted by Crippen LogP contribution is -2.12. The Morgan fingerprint density at radius 1 is 1.60 bits per heavy atom. The molecule has 15 heavy (non-hydrogen) atoms. The van der Waals surface area contributed by atoms with Crippen LogP contribution in [0.3, 0.4) is 0 Å². The smallest absolute Gasteiger partial charge is 0.269 e. The summed E-state index contributed by atoms with van der Waals surface area (Å²) < 4.78 is 0. The molecule has 0 unspecified atom stereocenters. The third-order valence-corrected chi connectivity index (χ3v) is 2.88. The zero-order valence-electron chi connectivity index (χ0n) is 7.94. The number of thiophene rings is 1. The first-order valence-electron chi connectivity index (χ1n) is 4.26. The van der Waals surface area contributed by atoms with Crippen molar-refractivity contribution in [1.82, 2.24) is 9.97 Å². The van der Waals surface area contributed by atoms with Crippen LogP contribution < -0.4 is 5.56 Å². The van der Waals surface area contributed by atoms with Gasteiger partial charge in [0.2, 0.25) is 0 Å². The van der Waals surface area contributed by atoms with E-state index >= 15 is 0 Å². The third-order valence-electron chi connectivity index (χ3n) is 2.03. The highest BCUT2D eigenvalue weighted by Crippen LogP contribution is 2.23. The summed E-state index contributed by atoms with van der Waals surface area (Å²) in [6, 6.07) is 3.67. The third kappa shape index (κ3) is 1.67. The molecule has 74 valence electrons. The monoisotopic (exact) mass is 217 g/mol. The molecule has 0 radical (unpaired) electrons. The summed E-state index contributed by atoms with van der Waals surface area (Å²) in [6.07, 6.45) is 1.30. The molecular weight excluding hydrogens is 210 g/mol. The molecule has 2 aromatic rings. The van der Waals surface area contributed by atoms with Gasteiger partial charge in [-0.3, -0.25) is 4.79 Å². The number of hydrogen-bond donors (Lipinski definition) is 1. The van der Waals surface area contributed by atoms with Crippen LogP contribution in [0.15, 0.2) is 22.4 Å². The van der Waals surface area contributed by atoms with Gasteiger partial charge in [-0.1, -0.05) is 0 Å². The van der Waals surface area contributed by atoms with E-state index in [1.807, 2.05) is 18.4 Å². The second-order valence-corrected chi connectivity index (χ2v) is 4.10. The van der Waals surface area contributed by atoms with E-state index in [9.17, 15) is 4.79 Å². The van der Waals surface area contributed by atoms with E-state index in [2.05, 4.69) is 9.97 Å². The van der Waals surface area contributed by atoms with E-state index in [1.54, 1.807) is 17.4 Å². The first-order chi connectivity index (χ1) is 7.22. The lowest BCUT2D eigenvalue weighted by molar-refractivity contribution is 1.11. The molecule has 0 bridgehead atoms. The molecule has 0 saturated heterocycles. The minimum atomic E-state index is -0.395. The molecule has 0 aliphatic heterocycles. The number of aromatic nitrogens is 2. The fourth-order valence-electron chi connectivity index (χ4n) is 1.24. The normalized spacial score (nSPS) is 9.87. The molecule has 0 amide bonds. The summed E-state index contributed by atoms with van der Waals surface area (Å²) in [5.74, 6) is 0.512. The summed E-state index contributed by atoms with van der Waals surface area (Å²) in [4.78, 5) is 19.1. The van der Waals surface area contributed by atoms with Crippen molar-refractivity contribution in [2.24, 2.45) is 0 Å². The second kappa shape index (κ2) is 3.67. The molecule has 0 spiro atoms. The molecule has 2 rings (SSSR count). The summed E-state index contributed by atoms with van der Waals surface area (Å²) in [5.41, 5.74) is 0.543. The maximum Gasteiger partial charge on any atom is 0.269 e. The predicted molar refractivity (Wildman–Crippen MR) is 57.6 cm³/mol. The minimum absolute atomic E-state index is 0.0339. The Morgan fingerprint density at radius 3 is 2.93 bits per heavy atom. The summed E-state index contributed by atoms with van der Waals surface area (Å²) in [6.45, 7) is 1.96. The van der Waals surface area contributed by atoms with Crippen LogP contribution >= 0.6 is 11.3 Å². The van der Waals surface area contributed by atoms with Crippen LogP contribution in [-0.4, -0.2) is 9.97 Å². The van der Waals surface area contributed by atoms with Crippen molar-refractivity contribution in [3.8, 4) is 17.5 Å². The van der Waals surface area contributed by atoms with Gasteiger partial charge in [0.1, 0.15) is 17.5 Å². The zero-order valence-corrected chi connectivity index (χ0v) is 8.76. The van der Waals surface area contributed by atoms with Crippen LogP contribution in [0.2, 0.25) is 0 Å². The van der Waals surface area contributed by atoms with Crippen LogP contribution in [0.5, 0.6) is 0 Å². The van der Waals surface area contributed by atoms with Gasteiger partial charge in [0.05, 0.1) is 6.20 Å². The van der Waals surface area contributed by atoms with Crippen molar-refractivity contribution in [2.75, 3.05) is 0 Å². The molecule has 0 aliphatic carbocycles. The Hall–Kier alpha value is -1.93. The highest BCUT2D eigenvalue weighted by Gasteiger charge is 2.07. The number of hydrogen-bond acceptors (Lipinski definition) is 4. The van der Waals surface area contributed by atoms with Crippen molar-refractivity contribution < 1.29 is 0 Å². The zero-order chi connectivity index (χ0) is 10.8. The largest absolute Gasteiger partial charge is 0.305 e. The van der Waals surface area contributed by atoms with Gasteiger partial charge in [-0.15, -0.1) is 11.3 Å². The SMILES string of the molecule is Cc1sccc1-c1ncc(C#N)c(=O)[nH]1. The molecule has 4 nitrogen and oxygen atoms in total. The van der Waals surface area contributed by atoms with Crippen molar-refractivity contribution in [3.05, 3.63) is 38.4 Å². The number of rotatable bonds is 1. The number of nitrogens with one attached hydrogen (secondary N) is 1. The summed E-state index contributed by atoms with van der Waals surface area (Å²) >= 11 is 1.59. The Morgan fingerprint density at radius 2 is 2.40 bits per heavy atom. The Labute approximate surface area is 89.9 Å².